The molecular weight excluding hydrogens is 456 g/mol. The lowest BCUT2D eigenvalue weighted by Gasteiger charge is -2.14. The van der Waals surface area contributed by atoms with Gasteiger partial charge >= 0.3 is 0 Å². The molecule has 0 saturated heterocycles. The van der Waals surface area contributed by atoms with E-state index in [1.54, 1.807) is 12.5 Å². The zero-order chi connectivity index (χ0) is 24.5. The van der Waals surface area contributed by atoms with Crippen molar-refractivity contribution in [1.29, 1.82) is 0 Å². The molecule has 9 nitrogen and oxygen atoms in total. The van der Waals surface area contributed by atoms with Crippen LogP contribution in [0.3, 0.4) is 0 Å². The number of anilines is 3. The van der Waals surface area contributed by atoms with Crippen molar-refractivity contribution in [2.45, 2.75) is 44.6 Å². The van der Waals surface area contributed by atoms with Gasteiger partial charge in [-0.05, 0) is 67.4 Å². The van der Waals surface area contributed by atoms with E-state index in [1.807, 2.05) is 61.5 Å². The molecule has 2 aromatic carbocycles. The first-order valence-corrected chi connectivity index (χ1v) is 12.0. The molecule has 0 amide bonds. The minimum absolute atomic E-state index is 0.0164. The highest BCUT2D eigenvalue weighted by Gasteiger charge is 2.40. The zero-order valence-electron chi connectivity index (χ0n) is 19.8. The number of aryl methyl sites for hydroxylation is 1. The Labute approximate surface area is 208 Å². The van der Waals surface area contributed by atoms with Crippen LogP contribution in [0.5, 0.6) is 5.75 Å². The average molecular weight is 483 g/mol. The fourth-order valence-electron chi connectivity index (χ4n) is 4.62. The number of benzene rings is 2. The third kappa shape index (κ3) is 4.65. The van der Waals surface area contributed by atoms with E-state index < -0.39 is 0 Å². The first-order chi connectivity index (χ1) is 17.6. The third-order valence-corrected chi connectivity index (χ3v) is 6.42. The summed E-state index contributed by atoms with van der Waals surface area (Å²) in [6.45, 7) is 2.42. The van der Waals surface area contributed by atoms with Crippen LogP contribution in [0, 0.1) is 6.92 Å². The second kappa shape index (κ2) is 9.43. The van der Waals surface area contributed by atoms with Crippen LogP contribution in [-0.2, 0) is 11.3 Å². The lowest BCUT2D eigenvalue weighted by atomic mass is 10.1. The predicted molar refractivity (Wildman–Crippen MR) is 138 cm³/mol. The largest absolute Gasteiger partial charge is 0.487 e. The van der Waals surface area contributed by atoms with Gasteiger partial charge in [-0.2, -0.15) is 0 Å². The average Bonchev–Trinajstić information content (AvgIpc) is 3.41. The normalized spacial score (nSPS) is 20.5. The number of ether oxygens (including phenoxy) is 2. The molecule has 182 valence electrons. The summed E-state index contributed by atoms with van der Waals surface area (Å²) in [5.41, 5.74) is 4.42. The Bertz CT molecular complexity index is 1430. The fraction of sp³-hybridized carbons (Fsp3) is 0.259. The van der Waals surface area contributed by atoms with Gasteiger partial charge in [0.15, 0.2) is 0 Å². The van der Waals surface area contributed by atoms with Gasteiger partial charge in [0.2, 0.25) is 0 Å². The number of rotatable bonds is 6. The van der Waals surface area contributed by atoms with Crippen molar-refractivity contribution in [2.75, 3.05) is 10.6 Å². The number of aliphatic imine (C=N–C) groups is 1. The van der Waals surface area contributed by atoms with Crippen LogP contribution < -0.4 is 15.4 Å². The summed E-state index contributed by atoms with van der Waals surface area (Å²) in [6.07, 6.45) is 4.18. The number of pyridine rings is 1. The third-order valence-electron chi connectivity index (χ3n) is 6.42. The Morgan fingerprint density at radius 1 is 1.00 bits per heavy atom. The van der Waals surface area contributed by atoms with Gasteiger partial charge in [-0.25, -0.2) is 15.0 Å². The van der Waals surface area contributed by atoms with Crippen LogP contribution in [0.1, 0.15) is 24.1 Å². The van der Waals surface area contributed by atoms with Gasteiger partial charge in [-0.1, -0.05) is 6.07 Å². The van der Waals surface area contributed by atoms with Crippen molar-refractivity contribution in [3.8, 4) is 5.75 Å². The first-order valence-electron chi connectivity index (χ1n) is 12.0. The molecule has 1 aliphatic heterocycles. The van der Waals surface area contributed by atoms with E-state index >= 15 is 0 Å². The smallest absolute Gasteiger partial charge is 0.289 e. The maximum Gasteiger partial charge on any atom is 0.289 e. The SMILES string of the molecule is Cc1cc(Nc2ncnc3ccc(NC4=N[C@@H]5C[C@@H](O)C[C@@H]5O4)cc23)ccc1OCc1ccccn1. The molecule has 4 aromatic rings. The maximum absolute atomic E-state index is 9.79. The van der Waals surface area contributed by atoms with Crippen LogP contribution in [0.15, 0.2) is 72.1 Å². The van der Waals surface area contributed by atoms with Crippen LogP contribution in [0.2, 0.25) is 0 Å². The Kier molecular flexibility index (Phi) is 5.82. The van der Waals surface area contributed by atoms with Gasteiger partial charge < -0.3 is 25.2 Å². The second-order valence-corrected chi connectivity index (χ2v) is 9.08. The summed E-state index contributed by atoms with van der Waals surface area (Å²) in [5.74, 6) is 1.50. The molecule has 1 aliphatic carbocycles. The fourth-order valence-corrected chi connectivity index (χ4v) is 4.62. The van der Waals surface area contributed by atoms with Crippen molar-refractivity contribution in [3.05, 3.63) is 78.4 Å². The minimum Gasteiger partial charge on any atom is -0.487 e. The Balaban J connectivity index is 1.18. The standard InChI is InChI=1S/C27H26N6O3/c1-16-10-17(6-8-24(16)35-14-19-4-2-3-9-28-19)31-26-21-11-18(5-7-22(21)29-15-30-26)32-27-33-23-12-20(34)13-25(23)36-27/h2-11,15,20,23,25,34H,12-14H2,1H3,(H,32,33)(H,29,30,31)/t20-,23-,25+/m1/s1. The number of aromatic nitrogens is 3. The van der Waals surface area contributed by atoms with Crippen LogP contribution in [0.4, 0.5) is 17.2 Å². The number of amidine groups is 1. The molecule has 3 atom stereocenters. The molecular formula is C27H26N6O3. The highest BCUT2D eigenvalue weighted by molar-refractivity contribution is 5.97. The Morgan fingerprint density at radius 3 is 2.72 bits per heavy atom. The van der Waals surface area contributed by atoms with E-state index in [2.05, 4.69) is 30.6 Å². The number of fused-ring (bicyclic) bond motifs is 2. The molecule has 9 heteroatoms. The molecule has 36 heavy (non-hydrogen) atoms. The van der Waals surface area contributed by atoms with E-state index in [0.29, 0.717) is 31.3 Å². The topological polar surface area (TPSA) is 114 Å². The highest BCUT2D eigenvalue weighted by atomic mass is 16.5. The molecule has 0 spiro atoms. The number of nitrogens with zero attached hydrogens (tertiary/aromatic N) is 4. The maximum atomic E-state index is 9.79. The molecule has 1 fully saturated rings. The summed E-state index contributed by atoms with van der Waals surface area (Å²) in [5, 5.41) is 17.3. The van der Waals surface area contributed by atoms with Gasteiger partial charge in [0.25, 0.3) is 6.02 Å². The summed E-state index contributed by atoms with van der Waals surface area (Å²) in [7, 11) is 0. The summed E-state index contributed by atoms with van der Waals surface area (Å²) in [6, 6.07) is 18.1. The van der Waals surface area contributed by atoms with Gasteiger partial charge in [-0.15, -0.1) is 0 Å². The van der Waals surface area contributed by atoms with Gasteiger partial charge in [-0.3, -0.25) is 4.98 Å². The summed E-state index contributed by atoms with van der Waals surface area (Å²) < 4.78 is 11.8. The van der Waals surface area contributed by atoms with Crippen molar-refractivity contribution in [1.82, 2.24) is 15.0 Å². The number of aliphatic hydroxyl groups is 1. The number of aliphatic hydroxyl groups excluding tert-OH is 1. The number of hydrogen-bond donors (Lipinski definition) is 3. The number of nitrogens with one attached hydrogen (secondary N) is 2. The van der Waals surface area contributed by atoms with Crippen LogP contribution in [0.25, 0.3) is 10.9 Å². The molecule has 6 rings (SSSR count). The monoisotopic (exact) mass is 482 g/mol. The summed E-state index contributed by atoms with van der Waals surface area (Å²) >= 11 is 0. The van der Waals surface area contributed by atoms with Crippen molar-refractivity contribution in [3.63, 3.8) is 0 Å². The molecule has 2 aliphatic rings. The molecule has 0 bridgehead atoms. The van der Waals surface area contributed by atoms with Crippen molar-refractivity contribution in [2.24, 2.45) is 4.99 Å². The summed E-state index contributed by atoms with van der Waals surface area (Å²) in [4.78, 5) is 17.8. The van der Waals surface area contributed by atoms with Crippen molar-refractivity contribution < 1.29 is 14.6 Å². The zero-order valence-corrected chi connectivity index (χ0v) is 19.8. The van der Waals surface area contributed by atoms with E-state index in [-0.39, 0.29) is 18.2 Å². The lowest BCUT2D eigenvalue weighted by Crippen LogP contribution is -2.19. The number of hydrogen-bond acceptors (Lipinski definition) is 9. The molecule has 2 aromatic heterocycles. The minimum atomic E-state index is -0.332. The van der Waals surface area contributed by atoms with Gasteiger partial charge in [0, 0.05) is 29.4 Å². The van der Waals surface area contributed by atoms with E-state index in [0.717, 1.165) is 39.3 Å². The molecule has 1 saturated carbocycles. The van der Waals surface area contributed by atoms with Crippen LogP contribution >= 0.6 is 0 Å². The molecule has 3 heterocycles. The molecule has 0 radical (unpaired) electrons. The van der Waals surface area contributed by atoms with E-state index in [1.165, 1.54) is 0 Å². The molecule has 3 N–H and O–H groups in total. The van der Waals surface area contributed by atoms with E-state index in [4.69, 9.17) is 9.47 Å². The first kappa shape index (κ1) is 22.2. The highest BCUT2D eigenvalue weighted by Crippen LogP contribution is 2.32. The Hall–Kier alpha value is -4.24. The molecule has 0 unspecified atom stereocenters. The van der Waals surface area contributed by atoms with Gasteiger partial charge in [0.05, 0.1) is 23.4 Å². The van der Waals surface area contributed by atoms with E-state index in [9.17, 15) is 5.11 Å². The lowest BCUT2D eigenvalue weighted by molar-refractivity contribution is 0.148. The van der Waals surface area contributed by atoms with Crippen molar-refractivity contribution >= 4 is 34.1 Å². The van der Waals surface area contributed by atoms with Crippen LogP contribution in [-0.4, -0.2) is 44.3 Å². The predicted octanol–water partition coefficient (Wildman–Crippen LogP) is 4.35. The second-order valence-electron chi connectivity index (χ2n) is 9.08. The van der Waals surface area contributed by atoms with Gasteiger partial charge in [0.1, 0.15) is 30.6 Å². The quantitative estimate of drug-likeness (QED) is 0.372. The Morgan fingerprint density at radius 2 is 1.89 bits per heavy atom.